The Morgan fingerprint density at radius 2 is 2.20 bits per heavy atom. The molecule has 0 aliphatic carbocycles. The first kappa shape index (κ1) is 11.8. The molecule has 0 aromatic carbocycles. The number of aromatic amines is 1. The van der Waals surface area contributed by atoms with Crippen molar-refractivity contribution in [1.29, 1.82) is 0 Å². The van der Waals surface area contributed by atoms with Gasteiger partial charge in [-0.05, 0) is 19.3 Å². The summed E-state index contributed by atoms with van der Waals surface area (Å²) in [5, 5.41) is 0. The number of rotatable bonds is 4. The Bertz CT molecular complexity index is 342. The van der Waals surface area contributed by atoms with Gasteiger partial charge in [-0.25, -0.2) is 4.98 Å². The Kier molecular flexibility index (Phi) is 3.88. The lowest BCUT2D eigenvalue weighted by Gasteiger charge is -2.00. The molecule has 4 heteroatoms. The van der Waals surface area contributed by atoms with Crippen LogP contribution in [-0.4, -0.2) is 23.0 Å². The molecule has 0 aliphatic heterocycles. The standard InChI is InChI=1S/C11H18N2O2/c1-7(2)5-9-8(3)12-10(13-9)6-11(14)15-4/h7H,5-6H2,1-4H3,(H,12,13). The van der Waals surface area contributed by atoms with Crippen molar-refractivity contribution in [3.63, 3.8) is 0 Å². The molecule has 1 aromatic rings. The highest BCUT2D eigenvalue weighted by atomic mass is 16.5. The largest absolute Gasteiger partial charge is 0.469 e. The van der Waals surface area contributed by atoms with Crippen molar-refractivity contribution in [2.45, 2.75) is 33.6 Å². The molecule has 1 rings (SSSR count). The van der Waals surface area contributed by atoms with E-state index in [0.717, 1.165) is 17.8 Å². The fourth-order valence-corrected chi connectivity index (χ4v) is 1.44. The van der Waals surface area contributed by atoms with Crippen LogP contribution >= 0.6 is 0 Å². The lowest BCUT2D eigenvalue weighted by atomic mass is 10.1. The summed E-state index contributed by atoms with van der Waals surface area (Å²) in [6.07, 6.45) is 1.15. The highest BCUT2D eigenvalue weighted by Gasteiger charge is 2.11. The molecule has 0 saturated carbocycles. The first-order chi connectivity index (χ1) is 7.02. The molecule has 0 unspecified atom stereocenters. The lowest BCUT2D eigenvalue weighted by Crippen LogP contribution is -2.06. The van der Waals surface area contributed by atoms with Crippen molar-refractivity contribution in [1.82, 2.24) is 9.97 Å². The van der Waals surface area contributed by atoms with E-state index in [9.17, 15) is 4.79 Å². The molecular weight excluding hydrogens is 192 g/mol. The second kappa shape index (κ2) is 4.96. The van der Waals surface area contributed by atoms with E-state index in [1.54, 1.807) is 0 Å². The maximum Gasteiger partial charge on any atom is 0.313 e. The minimum Gasteiger partial charge on any atom is -0.469 e. The van der Waals surface area contributed by atoms with E-state index in [1.807, 2.05) is 6.92 Å². The van der Waals surface area contributed by atoms with Gasteiger partial charge in [-0.15, -0.1) is 0 Å². The molecule has 0 amide bonds. The summed E-state index contributed by atoms with van der Waals surface area (Å²) >= 11 is 0. The number of nitrogens with zero attached hydrogens (tertiary/aromatic N) is 1. The Balaban J connectivity index is 2.72. The van der Waals surface area contributed by atoms with Gasteiger partial charge in [0.05, 0.1) is 12.8 Å². The third-order valence-corrected chi connectivity index (χ3v) is 2.18. The molecule has 0 radical (unpaired) electrons. The van der Waals surface area contributed by atoms with E-state index in [0.29, 0.717) is 11.7 Å². The zero-order valence-electron chi connectivity index (χ0n) is 9.76. The van der Waals surface area contributed by atoms with Gasteiger partial charge in [0.25, 0.3) is 0 Å². The van der Waals surface area contributed by atoms with Crippen molar-refractivity contribution in [2.75, 3.05) is 7.11 Å². The smallest absolute Gasteiger partial charge is 0.313 e. The maximum absolute atomic E-state index is 11.0. The first-order valence-electron chi connectivity index (χ1n) is 5.14. The number of esters is 1. The SMILES string of the molecule is COC(=O)Cc1nc(CC(C)C)c(C)[nH]1. The summed E-state index contributed by atoms with van der Waals surface area (Å²) in [5.74, 6) is 0.993. The topological polar surface area (TPSA) is 55.0 Å². The van der Waals surface area contributed by atoms with Gasteiger partial charge in [0.15, 0.2) is 0 Å². The van der Waals surface area contributed by atoms with Crippen LogP contribution in [0.4, 0.5) is 0 Å². The van der Waals surface area contributed by atoms with Crippen LogP contribution < -0.4 is 0 Å². The normalized spacial score (nSPS) is 10.7. The zero-order chi connectivity index (χ0) is 11.4. The minimum atomic E-state index is -0.264. The summed E-state index contributed by atoms with van der Waals surface area (Å²) in [6.45, 7) is 6.27. The number of hydrogen-bond acceptors (Lipinski definition) is 3. The fourth-order valence-electron chi connectivity index (χ4n) is 1.44. The molecule has 15 heavy (non-hydrogen) atoms. The summed E-state index contributed by atoms with van der Waals surface area (Å²) in [5.41, 5.74) is 2.09. The monoisotopic (exact) mass is 210 g/mol. The van der Waals surface area contributed by atoms with Crippen LogP contribution in [0.3, 0.4) is 0 Å². The van der Waals surface area contributed by atoms with Crippen LogP contribution in [0.5, 0.6) is 0 Å². The van der Waals surface area contributed by atoms with Crippen LogP contribution in [-0.2, 0) is 22.4 Å². The average Bonchev–Trinajstić information content (AvgIpc) is 2.45. The van der Waals surface area contributed by atoms with Gasteiger partial charge in [0.2, 0.25) is 0 Å². The number of ether oxygens (including phenoxy) is 1. The lowest BCUT2D eigenvalue weighted by molar-refractivity contribution is -0.139. The van der Waals surface area contributed by atoms with Crippen LogP contribution in [0.15, 0.2) is 0 Å². The van der Waals surface area contributed by atoms with E-state index in [-0.39, 0.29) is 12.4 Å². The maximum atomic E-state index is 11.0. The summed E-state index contributed by atoms with van der Waals surface area (Å²) in [4.78, 5) is 18.5. The molecule has 0 aliphatic rings. The number of methoxy groups -OCH3 is 1. The highest BCUT2D eigenvalue weighted by Crippen LogP contribution is 2.11. The number of aryl methyl sites for hydroxylation is 1. The van der Waals surface area contributed by atoms with Crippen molar-refractivity contribution in [2.24, 2.45) is 5.92 Å². The molecule has 0 bridgehead atoms. The number of hydrogen-bond donors (Lipinski definition) is 1. The Hall–Kier alpha value is -1.32. The predicted octanol–water partition coefficient (Wildman–Crippen LogP) is 1.63. The van der Waals surface area contributed by atoms with Gasteiger partial charge in [0.1, 0.15) is 12.2 Å². The summed E-state index contributed by atoms with van der Waals surface area (Å²) < 4.78 is 4.59. The molecule has 1 N–H and O–H groups in total. The van der Waals surface area contributed by atoms with Gasteiger partial charge in [-0.3, -0.25) is 4.79 Å². The van der Waals surface area contributed by atoms with Gasteiger partial charge < -0.3 is 9.72 Å². The van der Waals surface area contributed by atoms with Gasteiger partial charge in [-0.2, -0.15) is 0 Å². The fraction of sp³-hybridized carbons (Fsp3) is 0.636. The zero-order valence-corrected chi connectivity index (χ0v) is 9.76. The van der Waals surface area contributed by atoms with Gasteiger partial charge >= 0.3 is 5.97 Å². The number of aromatic nitrogens is 2. The van der Waals surface area contributed by atoms with Gasteiger partial charge in [-0.1, -0.05) is 13.8 Å². The van der Waals surface area contributed by atoms with Crippen LogP contribution in [0.2, 0.25) is 0 Å². The van der Waals surface area contributed by atoms with Crippen LogP contribution in [0.1, 0.15) is 31.1 Å². The van der Waals surface area contributed by atoms with Gasteiger partial charge in [0, 0.05) is 5.69 Å². The third-order valence-electron chi connectivity index (χ3n) is 2.18. The molecule has 84 valence electrons. The van der Waals surface area contributed by atoms with E-state index in [4.69, 9.17) is 0 Å². The molecule has 1 heterocycles. The number of imidazole rings is 1. The predicted molar refractivity (Wildman–Crippen MR) is 57.6 cm³/mol. The quantitative estimate of drug-likeness (QED) is 0.768. The minimum absolute atomic E-state index is 0.218. The molecule has 0 fully saturated rings. The molecule has 4 nitrogen and oxygen atoms in total. The second-order valence-corrected chi connectivity index (χ2v) is 4.11. The number of H-pyrrole nitrogens is 1. The third kappa shape index (κ3) is 3.38. The first-order valence-corrected chi connectivity index (χ1v) is 5.14. The van der Waals surface area contributed by atoms with E-state index in [1.165, 1.54) is 7.11 Å². The number of carbonyl (C=O) groups excluding carboxylic acids is 1. The van der Waals surface area contributed by atoms with Crippen molar-refractivity contribution < 1.29 is 9.53 Å². The van der Waals surface area contributed by atoms with Crippen molar-refractivity contribution in [3.8, 4) is 0 Å². The molecule has 1 aromatic heterocycles. The van der Waals surface area contributed by atoms with Crippen molar-refractivity contribution >= 4 is 5.97 Å². The summed E-state index contributed by atoms with van der Waals surface area (Å²) in [6, 6.07) is 0. The summed E-state index contributed by atoms with van der Waals surface area (Å²) in [7, 11) is 1.38. The number of carbonyl (C=O) groups is 1. The highest BCUT2D eigenvalue weighted by molar-refractivity contribution is 5.71. The Morgan fingerprint density at radius 1 is 1.53 bits per heavy atom. The van der Waals surface area contributed by atoms with E-state index < -0.39 is 0 Å². The van der Waals surface area contributed by atoms with Crippen molar-refractivity contribution in [3.05, 3.63) is 17.2 Å². The van der Waals surface area contributed by atoms with E-state index in [2.05, 4.69) is 28.6 Å². The van der Waals surface area contributed by atoms with Crippen LogP contribution in [0.25, 0.3) is 0 Å². The van der Waals surface area contributed by atoms with E-state index >= 15 is 0 Å². The Morgan fingerprint density at radius 3 is 2.73 bits per heavy atom. The molecule has 0 atom stereocenters. The molecule has 0 saturated heterocycles. The average molecular weight is 210 g/mol. The number of nitrogens with one attached hydrogen (secondary N) is 1. The molecular formula is C11H18N2O2. The molecule has 0 spiro atoms. The Labute approximate surface area is 90.1 Å². The van der Waals surface area contributed by atoms with Crippen LogP contribution in [0, 0.1) is 12.8 Å². The second-order valence-electron chi connectivity index (χ2n) is 4.11.